The van der Waals surface area contributed by atoms with E-state index in [1.54, 1.807) is 44.6 Å². The number of rotatable bonds is 7. The molecule has 128 valence electrons. The highest BCUT2D eigenvalue weighted by Crippen LogP contribution is 2.31. The number of carbonyl (C=O) groups is 1. The molecule has 6 heteroatoms. The number of hydrogen-bond donors (Lipinski definition) is 2. The number of hydrogen-bond acceptors (Lipinski definition) is 5. The summed E-state index contributed by atoms with van der Waals surface area (Å²) in [4.78, 5) is 16.1. The van der Waals surface area contributed by atoms with Crippen LogP contribution in [0.4, 0.5) is 5.69 Å². The van der Waals surface area contributed by atoms with E-state index in [0.717, 1.165) is 5.56 Å². The number of nitrogens with two attached hydrogens (primary N) is 1. The number of benzene rings is 1. The Balaban J connectivity index is 2.10. The molecule has 1 heterocycles. The Labute approximate surface area is 142 Å². The van der Waals surface area contributed by atoms with Gasteiger partial charge in [-0.05, 0) is 36.8 Å². The SMILES string of the molecule is COc1ccc(NC(=O)C(C)C(C)N)cc1OCc1ccncc1. The smallest absolute Gasteiger partial charge is 0.228 e. The van der Waals surface area contributed by atoms with Crippen LogP contribution in [0.15, 0.2) is 42.7 Å². The highest BCUT2D eigenvalue weighted by Gasteiger charge is 2.17. The minimum Gasteiger partial charge on any atom is -0.493 e. The van der Waals surface area contributed by atoms with Crippen molar-refractivity contribution in [2.75, 3.05) is 12.4 Å². The number of carbonyl (C=O) groups excluding carboxylic acids is 1. The first kappa shape index (κ1) is 17.7. The second-order valence-corrected chi connectivity index (χ2v) is 5.65. The molecule has 0 aliphatic rings. The van der Waals surface area contributed by atoms with E-state index in [1.165, 1.54) is 0 Å². The third kappa shape index (κ3) is 4.70. The normalized spacial score (nSPS) is 13.0. The maximum atomic E-state index is 12.1. The van der Waals surface area contributed by atoms with E-state index in [1.807, 2.05) is 19.1 Å². The Bertz CT molecular complexity index is 674. The summed E-state index contributed by atoms with van der Waals surface area (Å²) in [6.45, 7) is 3.98. The zero-order chi connectivity index (χ0) is 17.5. The number of anilines is 1. The molecule has 0 aliphatic carbocycles. The van der Waals surface area contributed by atoms with Crippen LogP contribution in [-0.2, 0) is 11.4 Å². The van der Waals surface area contributed by atoms with Gasteiger partial charge in [0.2, 0.25) is 5.91 Å². The van der Waals surface area contributed by atoms with Crippen molar-refractivity contribution in [2.24, 2.45) is 11.7 Å². The van der Waals surface area contributed by atoms with Crippen LogP contribution in [-0.4, -0.2) is 24.0 Å². The highest BCUT2D eigenvalue weighted by atomic mass is 16.5. The van der Waals surface area contributed by atoms with Crippen LogP contribution >= 0.6 is 0 Å². The van der Waals surface area contributed by atoms with Crippen LogP contribution in [0.1, 0.15) is 19.4 Å². The number of ether oxygens (including phenoxy) is 2. The summed E-state index contributed by atoms with van der Waals surface area (Å²) in [5, 5.41) is 2.85. The van der Waals surface area contributed by atoms with E-state index in [0.29, 0.717) is 23.8 Å². The fourth-order valence-corrected chi connectivity index (χ4v) is 2.00. The second-order valence-electron chi connectivity index (χ2n) is 5.65. The summed E-state index contributed by atoms with van der Waals surface area (Å²) in [5.41, 5.74) is 7.40. The van der Waals surface area contributed by atoms with Crippen LogP contribution in [0.3, 0.4) is 0 Å². The third-order valence-corrected chi connectivity index (χ3v) is 3.78. The Morgan fingerprint density at radius 1 is 1.21 bits per heavy atom. The van der Waals surface area contributed by atoms with Crippen molar-refractivity contribution in [2.45, 2.75) is 26.5 Å². The molecule has 1 amide bonds. The Morgan fingerprint density at radius 2 is 1.92 bits per heavy atom. The number of amides is 1. The van der Waals surface area contributed by atoms with Crippen LogP contribution < -0.4 is 20.5 Å². The zero-order valence-corrected chi connectivity index (χ0v) is 14.2. The average Bonchev–Trinajstić information content (AvgIpc) is 2.60. The molecular formula is C18H23N3O3. The predicted octanol–water partition coefficient (Wildman–Crippen LogP) is 2.59. The Hall–Kier alpha value is -2.60. The molecule has 24 heavy (non-hydrogen) atoms. The zero-order valence-electron chi connectivity index (χ0n) is 14.2. The minimum absolute atomic E-state index is 0.129. The van der Waals surface area contributed by atoms with E-state index in [4.69, 9.17) is 15.2 Å². The topological polar surface area (TPSA) is 86.5 Å². The first-order valence-corrected chi connectivity index (χ1v) is 7.77. The predicted molar refractivity (Wildman–Crippen MR) is 93.0 cm³/mol. The van der Waals surface area contributed by atoms with Gasteiger partial charge in [0.25, 0.3) is 0 Å². The Morgan fingerprint density at radius 3 is 2.54 bits per heavy atom. The fraction of sp³-hybridized carbons (Fsp3) is 0.333. The van der Waals surface area contributed by atoms with Crippen LogP contribution in [0.25, 0.3) is 0 Å². The molecule has 0 aliphatic heterocycles. The van der Waals surface area contributed by atoms with Gasteiger partial charge in [0.15, 0.2) is 11.5 Å². The number of aromatic nitrogens is 1. The van der Waals surface area contributed by atoms with E-state index in [-0.39, 0.29) is 17.9 Å². The van der Waals surface area contributed by atoms with E-state index in [2.05, 4.69) is 10.3 Å². The molecule has 2 unspecified atom stereocenters. The molecule has 2 atom stereocenters. The summed E-state index contributed by atoms with van der Waals surface area (Å²) in [6, 6.07) is 8.81. The maximum Gasteiger partial charge on any atom is 0.228 e. The lowest BCUT2D eigenvalue weighted by Crippen LogP contribution is -2.34. The number of nitrogens with one attached hydrogen (secondary N) is 1. The summed E-state index contributed by atoms with van der Waals surface area (Å²) < 4.78 is 11.1. The Kier molecular flexibility index (Phi) is 6.14. The van der Waals surface area contributed by atoms with Crippen molar-refractivity contribution in [3.8, 4) is 11.5 Å². The molecule has 3 N–H and O–H groups in total. The van der Waals surface area contributed by atoms with Gasteiger partial charge in [-0.3, -0.25) is 9.78 Å². The minimum atomic E-state index is -0.284. The summed E-state index contributed by atoms with van der Waals surface area (Å²) in [6.07, 6.45) is 3.42. The third-order valence-electron chi connectivity index (χ3n) is 3.78. The van der Waals surface area contributed by atoms with Gasteiger partial charge in [0.05, 0.1) is 13.0 Å². The molecule has 2 aromatic rings. The second kappa shape index (κ2) is 8.31. The van der Waals surface area contributed by atoms with Gasteiger partial charge in [0, 0.05) is 30.2 Å². The van der Waals surface area contributed by atoms with Crippen molar-refractivity contribution in [3.63, 3.8) is 0 Å². The average molecular weight is 329 g/mol. The molecule has 1 aromatic heterocycles. The highest BCUT2D eigenvalue weighted by molar-refractivity contribution is 5.93. The lowest BCUT2D eigenvalue weighted by atomic mass is 10.0. The summed E-state index contributed by atoms with van der Waals surface area (Å²) in [5.74, 6) is 0.742. The van der Waals surface area contributed by atoms with Gasteiger partial charge in [-0.15, -0.1) is 0 Å². The summed E-state index contributed by atoms with van der Waals surface area (Å²) >= 11 is 0. The van der Waals surface area contributed by atoms with Crippen molar-refractivity contribution < 1.29 is 14.3 Å². The molecule has 2 rings (SSSR count). The summed E-state index contributed by atoms with van der Waals surface area (Å²) in [7, 11) is 1.57. The molecule has 0 saturated heterocycles. The first-order valence-electron chi connectivity index (χ1n) is 7.77. The molecule has 0 spiro atoms. The van der Waals surface area contributed by atoms with Crippen molar-refractivity contribution >= 4 is 11.6 Å². The molecule has 0 radical (unpaired) electrons. The van der Waals surface area contributed by atoms with Gasteiger partial charge in [-0.2, -0.15) is 0 Å². The van der Waals surface area contributed by atoms with Crippen molar-refractivity contribution in [1.29, 1.82) is 0 Å². The number of pyridine rings is 1. The molecule has 0 saturated carbocycles. The number of methoxy groups -OCH3 is 1. The van der Waals surface area contributed by atoms with Gasteiger partial charge < -0.3 is 20.5 Å². The number of nitrogens with zero attached hydrogens (tertiary/aromatic N) is 1. The van der Waals surface area contributed by atoms with Crippen LogP contribution in [0.2, 0.25) is 0 Å². The monoisotopic (exact) mass is 329 g/mol. The van der Waals surface area contributed by atoms with Crippen LogP contribution in [0, 0.1) is 5.92 Å². The molecule has 6 nitrogen and oxygen atoms in total. The van der Waals surface area contributed by atoms with E-state index in [9.17, 15) is 4.79 Å². The van der Waals surface area contributed by atoms with Gasteiger partial charge in [0.1, 0.15) is 6.61 Å². The van der Waals surface area contributed by atoms with Gasteiger partial charge in [-0.1, -0.05) is 6.92 Å². The molecule has 1 aromatic carbocycles. The van der Waals surface area contributed by atoms with E-state index >= 15 is 0 Å². The van der Waals surface area contributed by atoms with Gasteiger partial charge in [-0.25, -0.2) is 0 Å². The van der Waals surface area contributed by atoms with E-state index < -0.39 is 0 Å². The van der Waals surface area contributed by atoms with Crippen molar-refractivity contribution in [1.82, 2.24) is 4.98 Å². The first-order chi connectivity index (χ1) is 11.5. The van der Waals surface area contributed by atoms with Gasteiger partial charge >= 0.3 is 0 Å². The van der Waals surface area contributed by atoms with Crippen molar-refractivity contribution in [3.05, 3.63) is 48.3 Å². The molecule has 0 bridgehead atoms. The fourth-order valence-electron chi connectivity index (χ4n) is 2.00. The lowest BCUT2D eigenvalue weighted by Gasteiger charge is -2.17. The molecule has 0 fully saturated rings. The lowest BCUT2D eigenvalue weighted by molar-refractivity contribution is -0.119. The van der Waals surface area contributed by atoms with Crippen LogP contribution in [0.5, 0.6) is 11.5 Å². The maximum absolute atomic E-state index is 12.1. The largest absolute Gasteiger partial charge is 0.493 e. The quantitative estimate of drug-likeness (QED) is 0.815. The standard InChI is InChI=1S/C18H23N3O3/c1-12(13(2)19)18(22)21-15-4-5-16(23-3)17(10-15)24-11-14-6-8-20-9-7-14/h4-10,12-13H,11,19H2,1-3H3,(H,21,22). The molecular weight excluding hydrogens is 306 g/mol.